The fraction of sp³-hybridized carbons (Fsp3) is 0.708. The molecule has 168 valence electrons. The Morgan fingerprint density at radius 2 is 1.97 bits per heavy atom. The Balaban J connectivity index is 1.42. The van der Waals surface area contributed by atoms with Gasteiger partial charge in [0.25, 0.3) is 0 Å². The summed E-state index contributed by atoms with van der Waals surface area (Å²) in [5, 5.41) is 13.5. The Morgan fingerprint density at radius 3 is 2.67 bits per heavy atom. The minimum absolute atomic E-state index is 0.228. The van der Waals surface area contributed by atoms with Gasteiger partial charge in [0, 0.05) is 30.4 Å². The van der Waals surface area contributed by atoms with Gasteiger partial charge in [0.2, 0.25) is 5.91 Å². The normalized spacial score (nSPS) is 25.1. The van der Waals surface area contributed by atoms with E-state index in [1.54, 1.807) is 18.1 Å². The average molecular weight is 420 g/mol. The second-order valence-corrected chi connectivity index (χ2v) is 9.21. The van der Waals surface area contributed by atoms with Crippen LogP contribution in [0.4, 0.5) is 0 Å². The van der Waals surface area contributed by atoms with Crippen molar-refractivity contribution in [3.63, 3.8) is 0 Å². The molecule has 2 saturated heterocycles. The van der Waals surface area contributed by atoms with Crippen LogP contribution in [0.15, 0.2) is 18.2 Å². The van der Waals surface area contributed by atoms with E-state index in [-0.39, 0.29) is 5.91 Å². The predicted molar refractivity (Wildman–Crippen MR) is 118 cm³/mol. The molecule has 0 spiro atoms. The lowest BCUT2D eigenvalue weighted by molar-refractivity contribution is -0.923. The average Bonchev–Trinajstić information content (AvgIpc) is 2.76. The van der Waals surface area contributed by atoms with Crippen LogP contribution in [0, 0.1) is 11.8 Å². The highest BCUT2D eigenvalue weighted by Gasteiger charge is 2.32. The van der Waals surface area contributed by atoms with Gasteiger partial charge in [0.15, 0.2) is 0 Å². The van der Waals surface area contributed by atoms with Gasteiger partial charge in [-0.2, -0.15) is 0 Å². The van der Waals surface area contributed by atoms with Crippen molar-refractivity contribution in [3.8, 4) is 11.5 Å². The molecule has 1 aromatic carbocycles. The van der Waals surface area contributed by atoms with Crippen molar-refractivity contribution in [2.45, 2.75) is 52.0 Å². The van der Waals surface area contributed by atoms with Crippen molar-refractivity contribution < 1.29 is 24.4 Å². The third-order valence-electron chi connectivity index (χ3n) is 7.15. The smallest absolute Gasteiger partial charge is 0.220 e. The molecule has 30 heavy (non-hydrogen) atoms. The number of phenols is 1. The molecule has 6 nitrogen and oxygen atoms in total. The van der Waals surface area contributed by atoms with Gasteiger partial charge in [-0.3, -0.25) is 4.79 Å². The van der Waals surface area contributed by atoms with Crippen LogP contribution in [-0.4, -0.2) is 57.4 Å². The zero-order valence-electron chi connectivity index (χ0n) is 18.8. The lowest BCUT2D eigenvalue weighted by Gasteiger charge is -2.35. The summed E-state index contributed by atoms with van der Waals surface area (Å²) in [5.41, 5.74) is 0.969. The van der Waals surface area contributed by atoms with Crippen LogP contribution < -0.4 is 19.9 Å². The van der Waals surface area contributed by atoms with Crippen molar-refractivity contribution in [3.05, 3.63) is 23.8 Å². The van der Waals surface area contributed by atoms with Gasteiger partial charge in [-0.1, -0.05) is 6.92 Å². The van der Waals surface area contributed by atoms with Crippen LogP contribution >= 0.6 is 0 Å². The van der Waals surface area contributed by atoms with Crippen molar-refractivity contribution in [1.82, 2.24) is 5.32 Å². The molecule has 0 radical (unpaired) electrons. The number of hydrogen-bond donors (Lipinski definition) is 4. The molecule has 0 bridgehead atoms. The summed E-state index contributed by atoms with van der Waals surface area (Å²) in [4.78, 5) is 15.7. The van der Waals surface area contributed by atoms with E-state index in [9.17, 15) is 9.90 Å². The van der Waals surface area contributed by atoms with E-state index in [1.807, 2.05) is 12.1 Å². The third-order valence-corrected chi connectivity index (χ3v) is 7.15. The summed E-state index contributed by atoms with van der Waals surface area (Å²) in [5.74, 6) is 2.26. The van der Waals surface area contributed by atoms with E-state index in [2.05, 4.69) is 12.2 Å². The molecule has 2 fully saturated rings. The SMILES string of the molecule is CC[C@H]1C[NH+](Cc2ccc(OC)cc2O)CC[C@H]1CC(=O)NCC[NH+]1CCCCC1. The molecule has 0 saturated carbocycles. The number of quaternary nitrogens is 2. The first-order valence-electron chi connectivity index (χ1n) is 11.9. The van der Waals surface area contributed by atoms with Crippen LogP contribution in [0.1, 0.15) is 51.0 Å². The number of aromatic hydroxyl groups is 1. The number of piperidine rings is 2. The summed E-state index contributed by atoms with van der Waals surface area (Å²) in [6.45, 7) is 9.59. The number of hydrogen-bond acceptors (Lipinski definition) is 3. The lowest BCUT2D eigenvalue weighted by Crippen LogP contribution is -3.13. The quantitative estimate of drug-likeness (QED) is 0.469. The predicted octanol–water partition coefficient (Wildman–Crippen LogP) is 0.407. The van der Waals surface area contributed by atoms with Crippen molar-refractivity contribution >= 4 is 5.91 Å². The second-order valence-electron chi connectivity index (χ2n) is 9.21. The molecule has 1 amide bonds. The van der Waals surface area contributed by atoms with Gasteiger partial charge in [-0.25, -0.2) is 0 Å². The molecule has 2 aliphatic rings. The molecule has 1 unspecified atom stereocenters. The van der Waals surface area contributed by atoms with E-state index >= 15 is 0 Å². The molecule has 3 atom stereocenters. The molecule has 2 heterocycles. The standard InChI is InChI=1S/C24H39N3O3/c1-3-19-17-27(18-21-7-8-22(30-2)16-23(21)28)13-9-20(19)15-24(29)25-10-14-26-11-5-4-6-12-26/h7-8,16,19-20,28H,3-6,9-15,17-18H2,1-2H3,(H,25,29)/p+2/t19-,20-/m0/s1. The van der Waals surface area contributed by atoms with Gasteiger partial charge in [-0.15, -0.1) is 0 Å². The number of ether oxygens (including phenoxy) is 1. The van der Waals surface area contributed by atoms with Gasteiger partial charge < -0.3 is 25.0 Å². The third kappa shape index (κ3) is 6.61. The Labute approximate surface area is 181 Å². The van der Waals surface area contributed by atoms with Gasteiger partial charge >= 0.3 is 0 Å². The van der Waals surface area contributed by atoms with Gasteiger partial charge in [0.05, 0.1) is 46.4 Å². The van der Waals surface area contributed by atoms with E-state index in [1.165, 1.54) is 37.3 Å². The minimum atomic E-state index is 0.228. The first-order chi connectivity index (χ1) is 14.6. The van der Waals surface area contributed by atoms with Gasteiger partial charge in [0.1, 0.15) is 18.0 Å². The van der Waals surface area contributed by atoms with Crippen molar-refractivity contribution in [2.24, 2.45) is 11.8 Å². The first-order valence-corrected chi connectivity index (χ1v) is 11.9. The maximum Gasteiger partial charge on any atom is 0.220 e. The number of amides is 1. The summed E-state index contributed by atoms with van der Waals surface area (Å²) in [6.07, 6.45) is 6.87. The maximum absolute atomic E-state index is 12.5. The molecule has 2 aliphatic heterocycles. The van der Waals surface area contributed by atoms with E-state index in [0.29, 0.717) is 29.8 Å². The largest absolute Gasteiger partial charge is 0.507 e. The Bertz CT molecular complexity index is 676. The van der Waals surface area contributed by atoms with E-state index in [4.69, 9.17) is 4.74 Å². The topological polar surface area (TPSA) is 67.4 Å². The Morgan fingerprint density at radius 1 is 1.17 bits per heavy atom. The molecular formula is C24H41N3O3+2. The number of methoxy groups -OCH3 is 1. The number of carbonyl (C=O) groups is 1. The highest BCUT2D eigenvalue weighted by molar-refractivity contribution is 5.76. The van der Waals surface area contributed by atoms with Crippen molar-refractivity contribution in [2.75, 3.05) is 46.4 Å². The highest BCUT2D eigenvalue weighted by atomic mass is 16.5. The number of rotatable bonds is 9. The van der Waals surface area contributed by atoms with Crippen LogP contribution in [0.5, 0.6) is 11.5 Å². The minimum Gasteiger partial charge on any atom is -0.507 e. The number of likely N-dealkylation sites (tertiary alicyclic amines) is 2. The second kappa shape index (κ2) is 11.6. The lowest BCUT2D eigenvalue weighted by atomic mass is 9.81. The number of nitrogens with one attached hydrogen (secondary N) is 3. The summed E-state index contributed by atoms with van der Waals surface area (Å²) in [7, 11) is 1.61. The molecule has 0 aliphatic carbocycles. The first kappa shape index (κ1) is 22.9. The fourth-order valence-corrected chi connectivity index (χ4v) is 5.25. The Kier molecular flexibility index (Phi) is 8.82. The van der Waals surface area contributed by atoms with E-state index in [0.717, 1.165) is 51.1 Å². The van der Waals surface area contributed by atoms with Crippen molar-refractivity contribution in [1.29, 1.82) is 0 Å². The monoisotopic (exact) mass is 419 g/mol. The summed E-state index contributed by atoms with van der Waals surface area (Å²) in [6, 6.07) is 5.56. The van der Waals surface area contributed by atoms with Crippen LogP contribution in [0.3, 0.4) is 0 Å². The number of benzene rings is 1. The van der Waals surface area contributed by atoms with Crippen LogP contribution in [0.25, 0.3) is 0 Å². The van der Waals surface area contributed by atoms with Gasteiger partial charge in [-0.05, 0) is 43.7 Å². The molecule has 4 N–H and O–H groups in total. The molecule has 0 aromatic heterocycles. The molecule has 1 aromatic rings. The Hall–Kier alpha value is -1.79. The summed E-state index contributed by atoms with van der Waals surface area (Å²) < 4.78 is 5.18. The number of carbonyl (C=O) groups excluding carboxylic acids is 1. The molecule has 3 rings (SSSR count). The zero-order valence-corrected chi connectivity index (χ0v) is 18.8. The van der Waals surface area contributed by atoms with Crippen LogP contribution in [-0.2, 0) is 11.3 Å². The van der Waals surface area contributed by atoms with Crippen LogP contribution in [0.2, 0.25) is 0 Å². The zero-order chi connectivity index (χ0) is 21.3. The van der Waals surface area contributed by atoms with E-state index < -0.39 is 0 Å². The number of phenolic OH excluding ortho intramolecular Hbond substituents is 1. The highest BCUT2D eigenvalue weighted by Crippen LogP contribution is 2.25. The molecular weight excluding hydrogens is 378 g/mol. The fourth-order valence-electron chi connectivity index (χ4n) is 5.25. The summed E-state index contributed by atoms with van der Waals surface area (Å²) >= 11 is 0. The maximum atomic E-state index is 12.5. The molecule has 6 heteroatoms.